The summed E-state index contributed by atoms with van der Waals surface area (Å²) >= 11 is 0. The molecule has 2 atom stereocenters. The highest BCUT2D eigenvalue weighted by molar-refractivity contribution is 5.92. The maximum Gasteiger partial charge on any atom is 0.274 e. The molecule has 4 heterocycles. The average Bonchev–Trinajstić information content (AvgIpc) is 3.02. The highest BCUT2D eigenvalue weighted by Gasteiger charge is 2.46. The zero-order chi connectivity index (χ0) is 17.7. The number of methoxy groups -OCH3 is 1. The molecule has 0 unspecified atom stereocenters. The van der Waals surface area contributed by atoms with E-state index in [9.17, 15) is 4.79 Å². The molecular weight excluding hydrogens is 332 g/mol. The molecule has 0 bridgehead atoms. The van der Waals surface area contributed by atoms with Crippen LogP contribution in [0.15, 0.2) is 6.07 Å². The van der Waals surface area contributed by atoms with Gasteiger partial charge in [0.2, 0.25) is 0 Å². The number of aromatic nitrogens is 5. The van der Waals surface area contributed by atoms with E-state index in [2.05, 4.69) is 20.3 Å². The van der Waals surface area contributed by atoms with Crippen molar-refractivity contribution in [1.82, 2.24) is 29.9 Å². The van der Waals surface area contributed by atoms with E-state index in [1.807, 2.05) is 15.6 Å². The molecule has 0 radical (unpaired) electrons. The van der Waals surface area contributed by atoms with Gasteiger partial charge >= 0.3 is 0 Å². The Bertz CT molecular complexity index is 802. The number of aryl methyl sites for hydroxylation is 2. The third kappa shape index (κ3) is 2.72. The molecule has 1 amide bonds. The molecule has 8 nitrogen and oxygen atoms in total. The van der Waals surface area contributed by atoms with Gasteiger partial charge in [-0.15, -0.1) is 0 Å². The highest BCUT2D eigenvalue weighted by Crippen LogP contribution is 2.47. The summed E-state index contributed by atoms with van der Waals surface area (Å²) in [6.07, 6.45) is 4.64. The summed E-state index contributed by atoms with van der Waals surface area (Å²) in [5.74, 6) is 2.94. The van der Waals surface area contributed by atoms with Gasteiger partial charge in [0.15, 0.2) is 17.3 Å². The summed E-state index contributed by atoms with van der Waals surface area (Å²) in [5, 5.41) is 11.9. The Morgan fingerprint density at radius 2 is 2.27 bits per heavy atom. The van der Waals surface area contributed by atoms with E-state index in [4.69, 9.17) is 4.74 Å². The smallest absolute Gasteiger partial charge is 0.274 e. The second kappa shape index (κ2) is 6.19. The summed E-state index contributed by atoms with van der Waals surface area (Å²) in [6.45, 7) is 2.81. The molecule has 2 aliphatic heterocycles. The minimum atomic E-state index is 0.0488. The van der Waals surface area contributed by atoms with Crippen molar-refractivity contribution in [3.05, 3.63) is 29.1 Å². The highest BCUT2D eigenvalue weighted by atomic mass is 16.5. The Balaban J connectivity index is 1.36. The van der Waals surface area contributed by atoms with Crippen molar-refractivity contribution >= 4 is 5.91 Å². The van der Waals surface area contributed by atoms with Gasteiger partial charge < -0.3 is 9.64 Å². The number of carbonyl (C=O) groups is 1. The zero-order valence-corrected chi connectivity index (χ0v) is 15.0. The first kappa shape index (κ1) is 16.0. The maximum atomic E-state index is 13.0. The largest absolute Gasteiger partial charge is 0.377 e. The van der Waals surface area contributed by atoms with Crippen LogP contribution < -0.4 is 0 Å². The summed E-state index contributed by atoms with van der Waals surface area (Å²) < 4.78 is 7.11. The van der Waals surface area contributed by atoms with Crippen molar-refractivity contribution < 1.29 is 9.53 Å². The summed E-state index contributed by atoms with van der Waals surface area (Å²) in [6, 6.07) is 1.97. The number of H-pyrrole nitrogens is 1. The van der Waals surface area contributed by atoms with Crippen molar-refractivity contribution in [3.63, 3.8) is 0 Å². The lowest BCUT2D eigenvalue weighted by Gasteiger charge is -2.14. The molecule has 2 aromatic heterocycles. The SMILES string of the molecule is COCc1nc([C@H]2CN(C(=O)c3cc4n(n3)CCC4)C[C@@H]2C2CC2)n[nH]1. The van der Waals surface area contributed by atoms with Gasteiger partial charge in [0.05, 0.1) is 0 Å². The fraction of sp³-hybridized carbons (Fsp3) is 0.667. The van der Waals surface area contributed by atoms with E-state index in [0.29, 0.717) is 30.7 Å². The minimum Gasteiger partial charge on any atom is -0.377 e. The predicted octanol–water partition coefficient (Wildman–Crippen LogP) is 1.36. The van der Waals surface area contributed by atoms with Crippen LogP contribution in [0.3, 0.4) is 0 Å². The Kier molecular flexibility index (Phi) is 3.81. The number of carbonyl (C=O) groups excluding carboxylic acids is 1. The van der Waals surface area contributed by atoms with Gasteiger partial charge in [-0.25, -0.2) is 4.98 Å². The lowest BCUT2D eigenvalue weighted by atomic mass is 9.91. The van der Waals surface area contributed by atoms with Crippen LogP contribution in [-0.2, 0) is 24.3 Å². The molecule has 5 rings (SSSR count). The Labute approximate surface area is 151 Å². The van der Waals surface area contributed by atoms with Crippen LogP contribution in [0.25, 0.3) is 0 Å². The summed E-state index contributed by atoms with van der Waals surface area (Å²) in [5.41, 5.74) is 1.77. The molecule has 26 heavy (non-hydrogen) atoms. The van der Waals surface area contributed by atoms with Crippen molar-refractivity contribution in [2.75, 3.05) is 20.2 Å². The summed E-state index contributed by atoms with van der Waals surface area (Å²) in [7, 11) is 1.65. The molecule has 1 N–H and O–H groups in total. The molecule has 2 aromatic rings. The van der Waals surface area contributed by atoms with Gasteiger partial charge in [-0.05, 0) is 43.6 Å². The van der Waals surface area contributed by atoms with Crippen LogP contribution in [0, 0.1) is 11.8 Å². The molecule has 0 spiro atoms. The topological polar surface area (TPSA) is 88.9 Å². The van der Waals surface area contributed by atoms with Gasteiger partial charge in [0, 0.05) is 38.4 Å². The number of hydrogen-bond donors (Lipinski definition) is 1. The van der Waals surface area contributed by atoms with Crippen LogP contribution in [0.5, 0.6) is 0 Å². The first-order chi connectivity index (χ1) is 12.7. The van der Waals surface area contributed by atoms with Crippen molar-refractivity contribution in [2.24, 2.45) is 11.8 Å². The lowest BCUT2D eigenvalue weighted by Crippen LogP contribution is -2.29. The third-order valence-electron chi connectivity index (χ3n) is 5.93. The molecule has 8 heteroatoms. The maximum absolute atomic E-state index is 13.0. The first-order valence-corrected chi connectivity index (χ1v) is 9.49. The fourth-order valence-corrected chi connectivity index (χ4v) is 4.47. The monoisotopic (exact) mass is 356 g/mol. The number of fused-ring (bicyclic) bond motifs is 1. The predicted molar refractivity (Wildman–Crippen MR) is 92.5 cm³/mol. The lowest BCUT2D eigenvalue weighted by molar-refractivity contribution is 0.0778. The van der Waals surface area contributed by atoms with E-state index in [0.717, 1.165) is 37.6 Å². The second-order valence-corrected chi connectivity index (χ2v) is 7.74. The number of hydrogen-bond acceptors (Lipinski definition) is 5. The van der Waals surface area contributed by atoms with Crippen LogP contribution in [-0.4, -0.2) is 56.0 Å². The number of nitrogens with one attached hydrogen (secondary N) is 1. The number of likely N-dealkylation sites (tertiary alicyclic amines) is 1. The number of nitrogens with zero attached hydrogens (tertiary/aromatic N) is 5. The van der Waals surface area contributed by atoms with E-state index < -0.39 is 0 Å². The quantitative estimate of drug-likeness (QED) is 0.874. The van der Waals surface area contributed by atoms with Gasteiger partial charge in [0.1, 0.15) is 6.61 Å². The van der Waals surface area contributed by atoms with E-state index >= 15 is 0 Å². The zero-order valence-electron chi connectivity index (χ0n) is 15.0. The van der Waals surface area contributed by atoms with Crippen molar-refractivity contribution in [3.8, 4) is 0 Å². The fourth-order valence-electron chi connectivity index (χ4n) is 4.47. The number of rotatable bonds is 5. The second-order valence-electron chi connectivity index (χ2n) is 7.74. The Morgan fingerprint density at radius 3 is 3.04 bits per heavy atom. The van der Waals surface area contributed by atoms with Gasteiger partial charge in [-0.1, -0.05) is 0 Å². The van der Waals surface area contributed by atoms with Crippen LogP contribution in [0.2, 0.25) is 0 Å². The van der Waals surface area contributed by atoms with E-state index in [1.54, 1.807) is 7.11 Å². The van der Waals surface area contributed by atoms with Crippen LogP contribution in [0.4, 0.5) is 0 Å². The number of ether oxygens (including phenoxy) is 1. The van der Waals surface area contributed by atoms with Crippen LogP contribution >= 0.6 is 0 Å². The molecule has 138 valence electrons. The molecule has 3 aliphatic rings. The Hall–Kier alpha value is -2.22. The average molecular weight is 356 g/mol. The normalized spacial score (nSPS) is 25.0. The molecule has 1 saturated carbocycles. The van der Waals surface area contributed by atoms with Crippen molar-refractivity contribution in [2.45, 2.75) is 44.8 Å². The Morgan fingerprint density at radius 1 is 1.38 bits per heavy atom. The third-order valence-corrected chi connectivity index (χ3v) is 5.93. The molecule has 0 aromatic carbocycles. The van der Waals surface area contributed by atoms with Gasteiger partial charge in [-0.2, -0.15) is 10.2 Å². The number of aromatic amines is 1. The minimum absolute atomic E-state index is 0.0488. The molecule has 1 saturated heterocycles. The van der Waals surface area contributed by atoms with Crippen LogP contribution in [0.1, 0.15) is 53.0 Å². The van der Waals surface area contributed by atoms with E-state index in [1.165, 1.54) is 18.5 Å². The number of amides is 1. The first-order valence-electron chi connectivity index (χ1n) is 9.49. The summed E-state index contributed by atoms with van der Waals surface area (Å²) in [4.78, 5) is 19.6. The van der Waals surface area contributed by atoms with E-state index in [-0.39, 0.29) is 11.8 Å². The standard InChI is InChI=1S/C18H24N6O2/c1-26-10-16-19-17(21-20-16)14-9-23(8-13(14)11-4-5-11)18(25)15-7-12-3-2-6-24(12)22-15/h7,11,13-14H,2-6,8-10H2,1H3,(H,19,20,21)/t13-,14+/m1/s1. The van der Waals surface area contributed by atoms with Gasteiger partial charge in [-0.3, -0.25) is 14.6 Å². The molecular formula is C18H24N6O2. The molecule has 1 aliphatic carbocycles. The van der Waals surface area contributed by atoms with Gasteiger partial charge in [0.25, 0.3) is 5.91 Å². The van der Waals surface area contributed by atoms with Crippen molar-refractivity contribution in [1.29, 1.82) is 0 Å². The molecule has 2 fully saturated rings.